The van der Waals surface area contributed by atoms with Gasteiger partial charge >= 0.3 is 0 Å². The first kappa shape index (κ1) is 20.0. The number of amides is 1. The largest absolute Gasteiger partial charge is 0.495 e. The van der Waals surface area contributed by atoms with Crippen LogP contribution in [0.2, 0.25) is 0 Å². The van der Waals surface area contributed by atoms with Crippen molar-refractivity contribution >= 4 is 31.9 Å². The lowest BCUT2D eigenvalue weighted by Crippen LogP contribution is -2.46. The number of nitrogens with zero attached hydrogens (tertiary/aromatic N) is 1. The molecule has 1 amide bonds. The second-order valence-electron chi connectivity index (χ2n) is 5.74. The standard InChI is InChI=1S/C16H23BrN2O5S/c1-4-25(21,22)19-7-5-12(6-8-19)18-16(20)11-9-13(23-2)15(17)14(10-11)24-3/h9-10,12H,4-8H2,1-3H3,(H,18,20). The fraction of sp³-hybridized carbons (Fsp3) is 0.562. The van der Waals surface area contributed by atoms with Gasteiger partial charge in [-0.25, -0.2) is 12.7 Å². The molecule has 9 heteroatoms. The third-order valence-electron chi connectivity index (χ3n) is 4.26. The average molecular weight is 435 g/mol. The van der Waals surface area contributed by atoms with Crippen LogP contribution in [-0.4, -0.2) is 57.7 Å². The van der Waals surface area contributed by atoms with Gasteiger partial charge < -0.3 is 14.8 Å². The van der Waals surface area contributed by atoms with Crippen LogP contribution in [0.3, 0.4) is 0 Å². The summed E-state index contributed by atoms with van der Waals surface area (Å²) in [6.07, 6.45) is 1.19. The summed E-state index contributed by atoms with van der Waals surface area (Å²) in [5.41, 5.74) is 0.431. The van der Waals surface area contributed by atoms with E-state index < -0.39 is 10.0 Å². The molecule has 1 saturated heterocycles. The van der Waals surface area contributed by atoms with Crippen LogP contribution in [0.25, 0.3) is 0 Å². The van der Waals surface area contributed by atoms with Gasteiger partial charge in [-0.1, -0.05) is 0 Å². The lowest BCUT2D eigenvalue weighted by molar-refractivity contribution is 0.0923. The first-order valence-electron chi connectivity index (χ1n) is 8.02. The van der Waals surface area contributed by atoms with Gasteiger partial charge in [-0.15, -0.1) is 0 Å². The van der Waals surface area contributed by atoms with Gasteiger partial charge in [0.1, 0.15) is 16.0 Å². The summed E-state index contributed by atoms with van der Waals surface area (Å²) in [5.74, 6) is 0.880. The van der Waals surface area contributed by atoms with E-state index in [-0.39, 0.29) is 17.7 Å². The Balaban J connectivity index is 2.04. The van der Waals surface area contributed by atoms with Gasteiger partial charge in [0.2, 0.25) is 10.0 Å². The van der Waals surface area contributed by atoms with E-state index in [0.29, 0.717) is 47.5 Å². The highest BCUT2D eigenvalue weighted by Crippen LogP contribution is 2.35. The number of sulfonamides is 1. The number of methoxy groups -OCH3 is 2. The van der Waals surface area contributed by atoms with E-state index in [0.717, 1.165) is 0 Å². The zero-order valence-electron chi connectivity index (χ0n) is 14.5. The summed E-state index contributed by atoms with van der Waals surface area (Å²) in [5, 5.41) is 2.96. The van der Waals surface area contributed by atoms with Gasteiger partial charge in [-0.3, -0.25) is 4.79 Å². The zero-order chi connectivity index (χ0) is 18.6. The van der Waals surface area contributed by atoms with E-state index in [2.05, 4.69) is 21.2 Å². The minimum atomic E-state index is -3.17. The summed E-state index contributed by atoms with van der Waals surface area (Å²) < 4.78 is 36.4. The van der Waals surface area contributed by atoms with Crippen molar-refractivity contribution < 1.29 is 22.7 Å². The van der Waals surface area contributed by atoms with Crippen molar-refractivity contribution in [1.82, 2.24) is 9.62 Å². The Kier molecular flexibility index (Phi) is 6.70. The second kappa shape index (κ2) is 8.37. The van der Waals surface area contributed by atoms with Crippen LogP contribution in [-0.2, 0) is 10.0 Å². The van der Waals surface area contributed by atoms with Crippen molar-refractivity contribution in [2.45, 2.75) is 25.8 Å². The zero-order valence-corrected chi connectivity index (χ0v) is 16.9. The molecular formula is C16H23BrN2O5S. The Bertz CT molecular complexity index is 705. The summed E-state index contributed by atoms with van der Waals surface area (Å²) in [6.45, 7) is 2.49. The summed E-state index contributed by atoms with van der Waals surface area (Å²) in [4.78, 5) is 12.5. The number of benzene rings is 1. The number of hydrogen-bond acceptors (Lipinski definition) is 5. The maximum absolute atomic E-state index is 12.5. The van der Waals surface area contributed by atoms with E-state index in [4.69, 9.17) is 9.47 Å². The van der Waals surface area contributed by atoms with Crippen LogP contribution >= 0.6 is 15.9 Å². The molecule has 2 rings (SSSR count). The van der Waals surface area contributed by atoms with Gasteiger partial charge in [-0.05, 0) is 47.8 Å². The van der Waals surface area contributed by atoms with Gasteiger partial charge in [-0.2, -0.15) is 0 Å². The number of rotatable bonds is 6. The number of carbonyl (C=O) groups is 1. The molecule has 7 nitrogen and oxygen atoms in total. The maximum Gasteiger partial charge on any atom is 0.251 e. The van der Waals surface area contributed by atoms with E-state index in [1.54, 1.807) is 19.1 Å². The molecule has 1 aromatic rings. The predicted octanol–water partition coefficient (Wildman–Crippen LogP) is 2.01. The van der Waals surface area contributed by atoms with Crippen LogP contribution in [0.1, 0.15) is 30.1 Å². The Labute approximate surface area is 156 Å². The van der Waals surface area contributed by atoms with Crippen molar-refractivity contribution in [3.8, 4) is 11.5 Å². The Morgan fingerprint density at radius 2 is 1.76 bits per heavy atom. The minimum absolute atomic E-state index is 0.0588. The van der Waals surface area contributed by atoms with Gasteiger partial charge in [0.05, 0.1) is 20.0 Å². The molecule has 25 heavy (non-hydrogen) atoms. The minimum Gasteiger partial charge on any atom is -0.495 e. The van der Waals surface area contributed by atoms with Crippen LogP contribution in [0.5, 0.6) is 11.5 Å². The fourth-order valence-electron chi connectivity index (χ4n) is 2.73. The number of hydrogen-bond donors (Lipinski definition) is 1. The van der Waals surface area contributed by atoms with Crippen LogP contribution < -0.4 is 14.8 Å². The molecule has 0 saturated carbocycles. The van der Waals surface area contributed by atoms with E-state index >= 15 is 0 Å². The van der Waals surface area contributed by atoms with Crippen molar-refractivity contribution in [1.29, 1.82) is 0 Å². The quantitative estimate of drug-likeness (QED) is 0.739. The summed E-state index contributed by atoms with van der Waals surface area (Å²) in [7, 11) is -0.128. The second-order valence-corrected chi connectivity index (χ2v) is 8.79. The molecule has 1 fully saturated rings. The Hall–Kier alpha value is -1.32. The normalized spacial score (nSPS) is 16.5. The number of nitrogens with one attached hydrogen (secondary N) is 1. The first-order chi connectivity index (χ1) is 11.8. The highest BCUT2D eigenvalue weighted by molar-refractivity contribution is 9.10. The number of halogens is 1. The molecule has 0 aromatic heterocycles. The molecule has 140 valence electrons. The smallest absolute Gasteiger partial charge is 0.251 e. The summed E-state index contributed by atoms with van der Waals surface area (Å²) in [6, 6.07) is 3.22. The molecule has 1 heterocycles. The summed E-state index contributed by atoms with van der Waals surface area (Å²) >= 11 is 3.37. The molecule has 1 N–H and O–H groups in total. The topological polar surface area (TPSA) is 84.9 Å². The molecule has 0 spiro atoms. The number of carbonyl (C=O) groups excluding carboxylic acids is 1. The van der Waals surface area contributed by atoms with Crippen LogP contribution in [0.15, 0.2) is 16.6 Å². The van der Waals surface area contributed by atoms with E-state index in [1.807, 2.05) is 0 Å². The Morgan fingerprint density at radius 1 is 1.24 bits per heavy atom. The molecule has 1 aromatic carbocycles. The van der Waals surface area contributed by atoms with Crippen LogP contribution in [0, 0.1) is 0 Å². The average Bonchev–Trinajstić information content (AvgIpc) is 2.62. The third-order valence-corrected chi connectivity index (χ3v) is 6.92. The molecule has 1 aliphatic heterocycles. The van der Waals surface area contributed by atoms with Crippen molar-refractivity contribution in [2.75, 3.05) is 33.1 Å². The van der Waals surface area contributed by atoms with Crippen molar-refractivity contribution in [2.24, 2.45) is 0 Å². The van der Waals surface area contributed by atoms with Crippen LogP contribution in [0.4, 0.5) is 0 Å². The molecular weight excluding hydrogens is 412 g/mol. The first-order valence-corrected chi connectivity index (χ1v) is 10.4. The molecule has 0 radical (unpaired) electrons. The lowest BCUT2D eigenvalue weighted by Gasteiger charge is -2.31. The van der Waals surface area contributed by atoms with Gasteiger partial charge in [0, 0.05) is 24.7 Å². The van der Waals surface area contributed by atoms with Crippen molar-refractivity contribution in [3.63, 3.8) is 0 Å². The van der Waals surface area contributed by atoms with Crippen molar-refractivity contribution in [3.05, 3.63) is 22.2 Å². The monoisotopic (exact) mass is 434 g/mol. The van der Waals surface area contributed by atoms with E-state index in [1.165, 1.54) is 18.5 Å². The SMILES string of the molecule is CCS(=O)(=O)N1CCC(NC(=O)c2cc(OC)c(Br)c(OC)c2)CC1. The molecule has 0 bridgehead atoms. The lowest BCUT2D eigenvalue weighted by atomic mass is 10.1. The number of piperidine rings is 1. The maximum atomic E-state index is 12.5. The van der Waals surface area contributed by atoms with Gasteiger partial charge in [0.15, 0.2) is 0 Å². The Morgan fingerprint density at radius 3 is 2.20 bits per heavy atom. The molecule has 0 unspecified atom stereocenters. The highest BCUT2D eigenvalue weighted by Gasteiger charge is 2.27. The predicted molar refractivity (Wildman–Crippen MR) is 98.8 cm³/mol. The fourth-order valence-corrected chi connectivity index (χ4v) is 4.42. The highest BCUT2D eigenvalue weighted by atomic mass is 79.9. The van der Waals surface area contributed by atoms with Gasteiger partial charge in [0.25, 0.3) is 5.91 Å². The third kappa shape index (κ3) is 4.65. The number of ether oxygens (including phenoxy) is 2. The molecule has 0 aliphatic carbocycles. The molecule has 1 aliphatic rings. The van der Waals surface area contributed by atoms with E-state index in [9.17, 15) is 13.2 Å². The molecule has 0 atom stereocenters.